The molecule has 0 unspecified atom stereocenters. The number of benzene rings is 2. The molecule has 24 heavy (non-hydrogen) atoms. The van der Waals surface area contributed by atoms with Gasteiger partial charge in [0.25, 0.3) is 0 Å². The Kier molecular flexibility index (Phi) is 4.19. The van der Waals surface area contributed by atoms with Crippen molar-refractivity contribution in [2.75, 3.05) is 5.32 Å². The number of hydrogen-bond donors (Lipinski definition) is 2. The second-order valence-corrected chi connectivity index (χ2v) is 4.75. The number of carbonyl (C=O) groups excluding carboxylic acids is 1. The molecule has 0 fully saturated rings. The largest absolute Gasteiger partial charge is 0.417 e. The number of ether oxygens (including phenoxy) is 1. The van der Waals surface area contributed by atoms with Crippen LogP contribution in [0.25, 0.3) is 11.1 Å². The fourth-order valence-electron chi connectivity index (χ4n) is 2.09. The minimum absolute atomic E-state index is 0.0746. The molecule has 0 spiro atoms. The van der Waals surface area contributed by atoms with Crippen LogP contribution in [0.5, 0.6) is 5.75 Å². The lowest BCUT2D eigenvalue weighted by atomic mass is 10.0. The maximum Gasteiger partial charge on any atom is 0.417 e. The van der Waals surface area contributed by atoms with Crippen LogP contribution in [0.2, 0.25) is 0 Å². The van der Waals surface area contributed by atoms with Crippen LogP contribution in [0, 0.1) is 17.5 Å². The lowest BCUT2D eigenvalue weighted by Crippen LogP contribution is -2.17. The molecule has 8 heteroatoms. The average Bonchev–Trinajstić information content (AvgIpc) is 3.05. The van der Waals surface area contributed by atoms with Crippen molar-refractivity contribution in [2.24, 2.45) is 0 Å². The normalized spacial score (nSPS) is 10.5. The number of aromatic nitrogens is 2. The van der Waals surface area contributed by atoms with E-state index in [1.165, 1.54) is 24.5 Å². The van der Waals surface area contributed by atoms with Crippen molar-refractivity contribution >= 4 is 11.8 Å². The smallest absolute Gasteiger partial charge is 0.407 e. The molecule has 1 amide bonds. The predicted octanol–water partition coefficient (Wildman–Crippen LogP) is 4.10. The molecule has 0 saturated carbocycles. The highest BCUT2D eigenvalue weighted by Crippen LogP contribution is 2.30. The van der Waals surface area contributed by atoms with Gasteiger partial charge in [0.2, 0.25) is 0 Å². The number of rotatable bonds is 3. The Morgan fingerprint density at radius 3 is 2.50 bits per heavy atom. The molecule has 3 aromatic rings. The van der Waals surface area contributed by atoms with Crippen LogP contribution in [0.1, 0.15) is 0 Å². The van der Waals surface area contributed by atoms with Crippen LogP contribution in [0.15, 0.2) is 48.8 Å². The zero-order valence-electron chi connectivity index (χ0n) is 12.0. The summed E-state index contributed by atoms with van der Waals surface area (Å²) in [6, 6.07) is 7.97. The molecule has 2 aromatic carbocycles. The van der Waals surface area contributed by atoms with Crippen LogP contribution in [0.3, 0.4) is 0 Å². The molecule has 5 nitrogen and oxygen atoms in total. The Bertz CT molecular complexity index is 859. The van der Waals surface area contributed by atoms with Crippen LogP contribution < -0.4 is 10.1 Å². The van der Waals surface area contributed by atoms with E-state index in [4.69, 9.17) is 4.74 Å². The van der Waals surface area contributed by atoms with Crippen molar-refractivity contribution in [3.8, 4) is 16.9 Å². The molecule has 2 N–H and O–H groups in total. The number of hydrogen-bond acceptors (Lipinski definition) is 3. The lowest BCUT2D eigenvalue weighted by molar-refractivity contribution is 0.215. The van der Waals surface area contributed by atoms with E-state index in [2.05, 4.69) is 15.5 Å². The van der Waals surface area contributed by atoms with E-state index in [-0.39, 0.29) is 17.0 Å². The maximum atomic E-state index is 13.4. The number of H-pyrrole nitrogens is 1. The summed E-state index contributed by atoms with van der Waals surface area (Å²) in [6.07, 6.45) is 1.86. The van der Waals surface area contributed by atoms with Gasteiger partial charge in [0, 0.05) is 5.56 Å². The number of para-hydroxylation sites is 1. The van der Waals surface area contributed by atoms with E-state index in [0.717, 1.165) is 12.1 Å². The van der Waals surface area contributed by atoms with Gasteiger partial charge in [-0.25, -0.2) is 18.0 Å². The molecular weight excluding hydrogens is 323 g/mol. The number of aromatic amines is 1. The SMILES string of the molecule is O=C(Nc1ccccc1-c1cc(F)c(F)c(F)c1)Oc1cn[nH]c1. The Hall–Kier alpha value is -3.29. The van der Waals surface area contributed by atoms with Gasteiger partial charge in [-0.15, -0.1) is 0 Å². The van der Waals surface area contributed by atoms with E-state index in [9.17, 15) is 18.0 Å². The van der Waals surface area contributed by atoms with Crippen molar-refractivity contribution in [1.82, 2.24) is 10.2 Å². The molecule has 122 valence electrons. The first-order chi connectivity index (χ1) is 11.5. The average molecular weight is 333 g/mol. The molecule has 3 rings (SSSR count). The van der Waals surface area contributed by atoms with Crippen molar-refractivity contribution in [1.29, 1.82) is 0 Å². The van der Waals surface area contributed by atoms with Gasteiger partial charge >= 0.3 is 6.09 Å². The molecule has 1 aromatic heterocycles. The molecule has 0 saturated heterocycles. The summed E-state index contributed by atoms with van der Waals surface area (Å²) in [4.78, 5) is 11.9. The van der Waals surface area contributed by atoms with Gasteiger partial charge in [-0.05, 0) is 23.8 Å². The van der Waals surface area contributed by atoms with Gasteiger partial charge < -0.3 is 4.74 Å². The number of nitrogens with zero attached hydrogens (tertiary/aromatic N) is 1. The summed E-state index contributed by atoms with van der Waals surface area (Å²) >= 11 is 0. The second kappa shape index (κ2) is 6.45. The van der Waals surface area contributed by atoms with Crippen LogP contribution in [0.4, 0.5) is 23.7 Å². The number of carbonyl (C=O) groups is 1. The predicted molar refractivity (Wildman–Crippen MR) is 80.0 cm³/mol. The minimum Gasteiger partial charge on any atom is -0.407 e. The zero-order valence-corrected chi connectivity index (χ0v) is 12.0. The third kappa shape index (κ3) is 3.22. The van der Waals surface area contributed by atoms with Gasteiger partial charge in [0.1, 0.15) is 0 Å². The highest BCUT2D eigenvalue weighted by Gasteiger charge is 2.15. The van der Waals surface area contributed by atoms with E-state index in [0.29, 0.717) is 5.56 Å². The fraction of sp³-hybridized carbons (Fsp3) is 0. The number of amides is 1. The van der Waals surface area contributed by atoms with E-state index in [1.807, 2.05) is 0 Å². The molecule has 0 bridgehead atoms. The fourth-order valence-corrected chi connectivity index (χ4v) is 2.09. The first kappa shape index (κ1) is 15.6. The maximum absolute atomic E-state index is 13.4. The number of nitrogens with one attached hydrogen (secondary N) is 2. The minimum atomic E-state index is -1.55. The summed E-state index contributed by atoms with van der Waals surface area (Å²) in [5, 5.41) is 8.57. The van der Waals surface area contributed by atoms with Crippen molar-refractivity contribution in [3.05, 3.63) is 66.2 Å². The molecule has 0 radical (unpaired) electrons. The Balaban J connectivity index is 1.89. The zero-order chi connectivity index (χ0) is 17.1. The number of anilines is 1. The molecular formula is C16H10F3N3O2. The van der Waals surface area contributed by atoms with Gasteiger partial charge in [-0.3, -0.25) is 10.4 Å². The highest BCUT2D eigenvalue weighted by atomic mass is 19.2. The standard InChI is InChI=1S/C16H10F3N3O2/c17-12-5-9(6-13(18)15(12)19)11-3-1-2-4-14(11)22-16(23)24-10-7-20-21-8-10/h1-8H,(H,20,21)(H,22,23). The summed E-state index contributed by atoms with van der Waals surface area (Å²) in [5.74, 6) is -3.99. The summed E-state index contributed by atoms with van der Waals surface area (Å²) in [6.45, 7) is 0. The Labute approximate surface area is 134 Å². The second-order valence-electron chi connectivity index (χ2n) is 4.75. The quantitative estimate of drug-likeness (QED) is 0.709. The summed E-state index contributed by atoms with van der Waals surface area (Å²) < 4.78 is 44.9. The van der Waals surface area contributed by atoms with E-state index in [1.54, 1.807) is 12.1 Å². The topological polar surface area (TPSA) is 67.0 Å². The van der Waals surface area contributed by atoms with Crippen LogP contribution >= 0.6 is 0 Å². The Morgan fingerprint density at radius 2 is 1.83 bits per heavy atom. The van der Waals surface area contributed by atoms with Gasteiger partial charge in [0.05, 0.1) is 18.1 Å². The van der Waals surface area contributed by atoms with Crippen molar-refractivity contribution < 1.29 is 22.7 Å². The van der Waals surface area contributed by atoms with Crippen LogP contribution in [-0.2, 0) is 0 Å². The van der Waals surface area contributed by atoms with E-state index < -0.39 is 23.5 Å². The molecule has 0 aliphatic heterocycles. The third-order valence-electron chi connectivity index (χ3n) is 3.14. The van der Waals surface area contributed by atoms with Gasteiger partial charge in [-0.2, -0.15) is 5.10 Å². The molecule has 0 aliphatic carbocycles. The number of halogens is 3. The van der Waals surface area contributed by atoms with Crippen LogP contribution in [-0.4, -0.2) is 16.3 Å². The first-order valence-electron chi connectivity index (χ1n) is 6.76. The molecule has 0 aliphatic rings. The summed E-state index contributed by atoms with van der Waals surface area (Å²) in [5.41, 5.74) is 0.626. The summed E-state index contributed by atoms with van der Waals surface area (Å²) in [7, 11) is 0. The highest BCUT2D eigenvalue weighted by molar-refractivity contribution is 5.92. The monoisotopic (exact) mass is 333 g/mol. The molecule has 0 atom stereocenters. The van der Waals surface area contributed by atoms with Crippen molar-refractivity contribution in [3.63, 3.8) is 0 Å². The van der Waals surface area contributed by atoms with Gasteiger partial charge in [-0.1, -0.05) is 18.2 Å². The molecule has 1 heterocycles. The third-order valence-corrected chi connectivity index (χ3v) is 3.14. The Morgan fingerprint density at radius 1 is 1.12 bits per heavy atom. The lowest BCUT2D eigenvalue weighted by Gasteiger charge is -2.11. The first-order valence-corrected chi connectivity index (χ1v) is 6.76. The van der Waals surface area contributed by atoms with Gasteiger partial charge in [0.15, 0.2) is 23.2 Å². The van der Waals surface area contributed by atoms with E-state index >= 15 is 0 Å². The van der Waals surface area contributed by atoms with Crippen molar-refractivity contribution in [2.45, 2.75) is 0 Å².